The van der Waals surface area contributed by atoms with Crippen molar-refractivity contribution in [3.05, 3.63) is 35.4 Å². The van der Waals surface area contributed by atoms with Crippen LogP contribution in [0.5, 0.6) is 0 Å². The van der Waals surface area contributed by atoms with Crippen molar-refractivity contribution in [3.63, 3.8) is 0 Å². The highest BCUT2D eigenvalue weighted by molar-refractivity contribution is 5.30. The smallest absolute Gasteiger partial charge is 0.265 e. The maximum Gasteiger partial charge on any atom is 0.265 e. The Balaban J connectivity index is 1.86. The molecular formula is C13H17F2NO. The van der Waals surface area contributed by atoms with E-state index in [-0.39, 0.29) is 12.6 Å². The van der Waals surface area contributed by atoms with Gasteiger partial charge >= 0.3 is 0 Å². The molecule has 0 radical (unpaired) electrons. The number of aryl methyl sites for hydroxylation is 1. The van der Waals surface area contributed by atoms with Crippen molar-refractivity contribution in [2.24, 2.45) is 0 Å². The number of nitrogens with one attached hydrogen (secondary N) is 1. The van der Waals surface area contributed by atoms with Crippen molar-refractivity contribution in [2.75, 3.05) is 6.54 Å². The number of fused-ring (bicyclic) bond motifs is 1. The van der Waals surface area contributed by atoms with Gasteiger partial charge in [0.2, 0.25) is 0 Å². The summed E-state index contributed by atoms with van der Waals surface area (Å²) in [7, 11) is 0. The van der Waals surface area contributed by atoms with Crippen LogP contribution in [0.2, 0.25) is 0 Å². The largest absolute Gasteiger partial charge is 0.386 e. The van der Waals surface area contributed by atoms with E-state index < -0.39 is 12.5 Å². The van der Waals surface area contributed by atoms with Gasteiger partial charge in [-0.2, -0.15) is 0 Å². The molecule has 0 bridgehead atoms. The number of aliphatic hydroxyl groups excluding tert-OH is 1. The van der Waals surface area contributed by atoms with Crippen LogP contribution in [-0.2, 0) is 12.8 Å². The zero-order valence-corrected chi connectivity index (χ0v) is 9.57. The van der Waals surface area contributed by atoms with Crippen molar-refractivity contribution in [1.29, 1.82) is 0 Å². The summed E-state index contributed by atoms with van der Waals surface area (Å²) in [6.45, 7) is -0.0372. The van der Waals surface area contributed by atoms with Crippen LogP contribution in [-0.4, -0.2) is 30.2 Å². The molecule has 2 N–H and O–H groups in total. The van der Waals surface area contributed by atoms with Crippen molar-refractivity contribution in [3.8, 4) is 0 Å². The first-order chi connectivity index (χ1) is 8.16. The van der Waals surface area contributed by atoms with Crippen LogP contribution >= 0.6 is 0 Å². The molecule has 0 heterocycles. The lowest BCUT2D eigenvalue weighted by molar-refractivity contribution is -0.00480. The van der Waals surface area contributed by atoms with E-state index in [0.29, 0.717) is 0 Å². The van der Waals surface area contributed by atoms with E-state index >= 15 is 0 Å². The summed E-state index contributed by atoms with van der Waals surface area (Å²) in [6.07, 6.45) is -1.47. The van der Waals surface area contributed by atoms with Crippen LogP contribution in [0.25, 0.3) is 0 Å². The summed E-state index contributed by atoms with van der Waals surface area (Å²) in [5, 5.41) is 12.1. The topological polar surface area (TPSA) is 32.3 Å². The van der Waals surface area contributed by atoms with E-state index in [9.17, 15) is 8.78 Å². The lowest BCUT2D eigenvalue weighted by Crippen LogP contribution is -2.41. The minimum atomic E-state index is -2.67. The Kier molecular flexibility index (Phi) is 4.07. The zero-order valence-electron chi connectivity index (χ0n) is 9.57. The molecule has 0 saturated heterocycles. The fraction of sp³-hybridized carbons (Fsp3) is 0.538. The summed E-state index contributed by atoms with van der Waals surface area (Å²) < 4.78 is 24.3. The molecule has 17 heavy (non-hydrogen) atoms. The Morgan fingerprint density at radius 1 is 1.29 bits per heavy atom. The van der Waals surface area contributed by atoms with Gasteiger partial charge in [0.25, 0.3) is 6.43 Å². The first-order valence-electron chi connectivity index (χ1n) is 5.93. The molecule has 0 saturated carbocycles. The van der Waals surface area contributed by atoms with Gasteiger partial charge in [0.05, 0.1) is 0 Å². The van der Waals surface area contributed by atoms with Crippen LogP contribution in [0.1, 0.15) is 17.5 Å². The van der Waals surface area contributed by atoms with Crippen molar-refractivity contribution in [2.45, 2.75) is 37.8 Å². The van der Waals surface area contributed by atoms with Crippen LogP contribution in [0.15, 0.2) is 24.3 Å². The second kappa shape index (κ2) is 5.56. The Hall–Kier alpha value is -1.00. The van der Waals surface area contributed by atoms with Gasteiger partial charge in [0, 0.05) is 12.6 Å². The van der Waals surface area contributed by atoms with Gasteiger partial charge < -0.3 is 10.4 Å². The maximum absolute atomic E-state index is 12.1. The minimum absolute atomic E-state index is 0.0372. The van der Waals surface area contributed by atoms with Crippen molar-refractivity contribution >= 4 is 0 Å². The molecule has 4 heteroatoms. The molecule has 94 valence electrons. The summed E-state index contributed by atoms with van der Waals surface area (Å²) >= 11 is 0. The third kappa shape index (κ3) is 3.23. The SMILES string of the molecule is OC(CNC1CCc2ccccc2C1)C(F)F. The average molecular weight is 241 g/mol. The predicted molar refractivity (Wildman–Crippen MR) is 62.3 cm³/mol. The van der Waals surface area contributed by atoms with Gasteiger partial charge in [-0.05, 0) is 30.4 Å². The molecule has 2 rings (SSSR count). The Morgan fingerprint density at radius 2 is 2.00 bits per heavy atom. The van der Waals surface area contributed by atoms with E-state index in [2.05, 4.69) is 17.4 Å². The molecule has 0 amide bonds. The van der Waals surface area contributed by atoms with E-state index in [4.69, 9.17) is 5.11 Å². The second-order valence-corrected chi connectivity index (χ2v) is 4.52. The molecule has 1 aromatic rings. The maximum atomic E-state index is 12.1. The number of benzene rings is 1. The van der Waals surface area contributed by atoms with E-state index in [1.807, 2.05) is 12.1 Å². The molecule has 0 spiro atoms. The summed E-state index contributed by atoms with van der Waals surface area (Å²) in [4.78, 5) is 0. The summed E-state index contributed by atoms with van der Waals surface area (Å²) in [5.74, 6) is 0. The fourth-order valence-electron chi connectivity index (χ4n) is 2.25. The minimum Gasteiger partial charge on any atom is -0.386 e. The quantitative estimate of drug-likeness (QED) is 0.842. The predicted octanol–water partition coefficient (Wildman–Crippen LogP) is 1.76. The highest BCUT2D eigenvalue weighted by Gasteiger charge is 2.21. The third-order valence-electron chi connectivity index (χ3n) is 3.25. The number of hydrogen-bond donors (Lipinski definition) is 2. The number of rotatable bonds is 4. The van der Waals surface area contributed by atoms with Gasteiger partial charge in [-0.1, -0.05) is 24.3 Å². The van der Waals surface area contributed by atoms with Crippen LogP contribution in [0, 0.1) is 0 Å². The summed E-state index contributed by atoms with van der Waals surface area (Å²) in [5.41, 5.74) is 2.63. The van der Waals surface area contributed by atoms with E-state index in [1.54, 1.807) is 0 Å². The molecule has 1 aliphatic carbocycles. The molecule has 2 nitrogen and oxygen atoms in total. The molecule has 2 atom stereocenters. The first kappa shape index (κ1) is 12.5. The van der Waals surface area contributed by atoms with Gasteiger partial charge in [-0.3, -0.25) is 0 Å². The average Bonchev–Trinajstić information content (AvgIpc) is 2.35. The number of alkyl halides is 2. The molecule has 1 aromatic carbocycles. The molecular weight excluding hydrogens is 224 g/mol. The van der Waals surface area contributed by atoms with Crippen LogP contribution in [0.4, 0.5) is 8.78 Å². The van der Waals surface area contributed by atoms with Crippen molar-refractivity contribution in [1.82, 2.24) is 5.32 Å². The Bertz CT molecular complexity index is 370. The Labute approximate surface area is 99.7 Å². The van der Waals surface area contributed by atoms with Gasteiger partial charge in [0.15, 0.2) is 0 Å². The summed E-state index contributed by atoms with van der Waals surface area (Å²) in [6, 6.07) is 8.40. The van der Waals surface area contributed by atoms with Crippen LogP contribution in [0.3, 0.4) is 0 Å². The molecule has 0 aromatic heterocycles. The fourth-order valence-corrected chi connectivity index (χ4v) is 2.25. The molecule has 0 aliphatic heterocycles. The highest BCUT2D eigenvalue weighted by Crippen LogP contribution is 2.21. The lowest BCUT2D eigenvalue weighted by Gasteiger charge is -2.26. The lowest BCUT2D eigenvalue weighted by atomic mass is 9.88. The Morgan fingerprint density at radius 3 is 2.71 bits per heavy atom. The zero-order chi connectivity index (χ0) is 12.3. The number of hydrogen-bond acceptors (Lipinski definition) is 2. The van der Waals surface area contributed by atoms with Gasteiger partial charge in [-0.25, -0.2) is 8.78 Å². The van der Waals surface area contributed by atoms with Crippen molar-refractivity contribution < 1.29 is 13.9 Å². The van der Waals surface area contributed by atoms with E-state index in [1.165, 1.54) is 11.1 Å². The molecule has 2 unspecified atom stereocenters. The molecule has 0 fully saturated rings. The standard InChI is InChI=1S/C13H17F2NO/c14-13(15)12(17)8-16-11-6-5-9-3-1-2-4-10(9)7-11/h1-4,11-13,16-17H,5-8H2. The monoisotopic (exact) mass is 241 g/mol. The van der Waals surface area contributed by atoms with Gasteiger partial charge in [-0.15, -0.1) is 0 Å². The van der Waals surface area contributed by atoms with Crippen LogP contribution < -0.4 is 5.32 Å². The van der Waals surface area contributed by atoms with Gasteiger partial charge in [0.1, 0.15) is 6.10 Å². The third-order valence-corrected chi connectivity index (χ3v) is 3.25. The second-order valence-electron chi connectivity index (χ2n) is 4.52. The number of aliphatic hydroxyl groups is 1. The number of halogens is 2. The first-order valence-corrected chi connectivity index (χ1v) is 5.93. The molecule has 1 aliphatic rings. The normalized spacial score (nSPS) is 21.3. The highest BCUT2D eigenvalue weighted by atomic mass is 19.3. The van der Waals surface area contributed by atoms with E-state index in [0.717, 1.165) is 19.3 Å².